The number of hydrogen-bond acceptors (Lipinski definition) is 3. The first-order valence-corrected chi connectivity index (χ1v) is 6.86. The second kappa shape index (κ2) is 6.10. The van der Waals surface area contributed by atoms with Crippen LogP contribution in [0.2, 0.25) is 0 Å². The van der Waals surface area contributed by atoms with Crippen molar-refractivity contribution in [3.63, 3.8) is 0 Å². The molecule has 0 aliphatic heterocycles. The topological polar surface area (TPSA) is 29.3 Å². The molecule has 2 nitrogen and oxygen atoms in total. The van der Waals surface area contributed by atoms with Crippen LogP contribution >= 0.6 is 11.8 Å². The SMILES string of the molecule is CCC(CSC)N(C)c1c(F)cc(N)cc1F. The fourth-order valence-corrected chi connectivity index (χ4v) is 2.64. The summed E-state index contributed by atoms with van der Waals surface area (Å²) in [6.45, 7) is 2.00. The van der Waals surface area contributed by atoms with Crippen LogP contribution in [0.4, 0.5) is 20.2 Å². The number of anilines is 2. The number of halogens is 2. The second-order valence-electron chi connectivity index (χ2n) is 3.96. The van der Waals surface area contributed by atoms with Gasteiger partial charge in [-0.2, -0.15) is 11.8 Å². The number of thioether (sulfide) groups is 1. The summed E-state index contributed by atoms with van der Waals surface area (Å²) in [6.07, 6.45) is 2.81. The molecule has 0 saturated heterocycles. The van der Waals surface area contributed by atoms with Gasteiger partial charge < -0.3 is 10.6 Å². The van der Waals surface area contributed by atoms with E-state index in [1.165, 1.54) is 0 Å². The molecule has 0 aliphatic rings. The zero-order chi connectivity index (χ0) is 13.0. The molecule has 1 atom stereocenters. The number of nitrogens with two attached hydrogens (primary N) is 1. The minimum Gasteiger partial charge on any atom is -0.399 e. The average Bonchev–Trinajstić information content (AvgIpc) is 2.24. The quantitative estimate of drug-likeness (QED) is 0.825. The smallest absolute Gasteiger partial charge is 0.151 e. The average molecular weight is 260 g/mol. The summed E-state index contributed by atoms with van der Waals surface area (Å²) in [4.78, 5) is 1.65. The van der Waals surface area contributed by atoms with E-state index in [-0.39, 0.29) is 17.4 Å². The predicted molar refractivity (Wildman–Crippen MR) is 71.6 cm³/mol. The lowest BCUT2D eigenvalue weighted by atomic mass is 10.1. The van der Waals surface area contributed by atoms with Crippen molar-refractivity contribution in [1.29, 1.82) is 0 Å². The largest absolute Gasteiger partial charge is 0.399 e. The molecular weight excluding hydrogens is 242 g/mol. The van der Waals surface area contributed by atoms with Crippen LogP contribution in [-0.4, -0.2) is 25.1 Å². The minimum atomic E-state index is -0.607. The van der Waals surface area contributed by atoms with Gasteiger partial charge in [-0.25, -0.2) is 8.78 Å². The summed E-state index contributed by atoms with van der Waals surface area (Å²) in [5.74, 6) is -0.384. The van der Waals surface area contributed by atoms with Gasteiger partial charge in [-0.05, 0) is 24.8 Å². The second-order valence-corrected chi connectivity index (χ2v) is 4.87. The molecule has 1 aromatic rings. The van der Waals surface area contributed by atoms with Crippen LogP contribution in [0, 0.1) is 11.6 Å². The van der Waals surface area contributed by atoms with E-state index in [1.807, 2.05) is 13.2 Å². The highest BCUT2D eigenvalue weighted by Crippen LogP contribution is 2.27. The molecule has 0 aliphatic carbocycles. The Balaban J connectivity index is 3.06. The molecule has 0 bridgehead atoms. The highest BCUT2D eigenvalue weighted by Gasteiger charge is 2.20. The van der Waals surface area contributed by atoms with Crippen molar-refractivity contribution in [1.82, 2.24) is 0 Å². The van der Waals surface area contributed by atoms with Crippen LogP contribution in [0.3, 0.4) is 0 Å². The van der Waals surface area contributed by atoms with Gasteiger partial charge in [0.2, 0.25) is 0 Å². The lowest BCUT2D eigenvalue weighted by molar-refractivity contribution is 0.560. The van der Waals surface area contributed by atoms with E-state index in [0.717, 1.165) is 24.3 Å². The maximum absolute atomic E-state index is 13.7. The molecule has 96 valence electrons. The molecule has 17 heavy (non-hydrogen) atoms. The van der Waals surface area contributed by atoms with E-state index in [1.54, 1.807) is 23.7 Å². The van der Waals surface area contributed by atoms with Crippen LogP contribution in [0.15, 0.2) is 12.1 Å². The van der Waals surface area contributed by atoms with Crippen LogP contribution in [0.5, 0.6) is 0 Å². The third-order valence-corrected chi connectivity index (χ3v) is 3.49. The Bertz CT molecular complexity index is 362. The summed E-state index contributed by atoms with van der Waals surface area (Å²) >= 11 is 1.66. The van der Waals surface area contributed by atoms with Crippen LogP contribution in [0.25, 0.3) is 0 Å². The number of hydrogen-bond donors (Lipinski definition) is 1. The molecule has 0 fully saturated rings. The summed E-state index contributed by atoms with van der Waals surface area (Å²) in [5, 5.41) is 0. The Morgan fingerprint density at radius 1 is 1.35 bits per heavy atom. The van der Waals surface area contributed by atoms with Crippen molar-refractivity contribution < 1.29 is 8.78 Å². The first kappa shape index (κ1) is 14.1. The molecule has 5 heteroatoms. The zero-order valence-corrected chi connectivity index (χ0v) is 11.2. The monoisotopic (exact) mass is 260 g/mol. The maximum atomic E-state index is 13.7. The summed E-state index contributed by atoms with van der Waals surface area (Å²) in [7, 11) is 1.71. The van der Waals surface area contributed by atoms with Gasteiger partial charge in [-0.15, -0.1) is 0 Å². The summed E-state index contributed by atoms with van der Waals surface area (Å²) < 4.78 is 27.5. The minimum absolute atomic E-state index is 0.0000926. The Morgan fingerprint density at radius 3 is 2.29 bits per heavy atom. The van der Waals surface area contributed by atoms with E-state index in [0.29, 0.717) is 0 Å². The van der Waals surface area contributed by atoms with Gasteiger partial charge in [0.25, 0.3) is 0 Å². The standard InChI is InChI=1S/C12H18F2N2S/c1-4-9(7-17-3)16(2)12-10(13)5-8(15)6-11(12)14/h5-6,9H,4,7,15H2,1-3H3. The predicted octanol–water partition coefficient (Wildman–Crippen LogP) is 3.12. The van der Waals surface area contributed by atoms with Gasteiger partial charge in [0.1, 0.15) is 5.69 Å². The van der Waals surface area contributed by atoms with Gasteiger partial charge in [-0.1, -0.05) is 6.92 Å². The van der Waals surface area contributed by atoms with E-state index >= 15 is 0 Å². The first-order valence-electron chi connectivity index (χ1n) is 5.47. The Morgan fingerprint density at radius 2 is 1.88 bits per heavy atom. The highest BCUT2D eigenvalue weighted by molar-refractivity contribution is 7.98. The van der Waals surface area contributed by atoms with Crippen LogP contribution in [-0.2, 0) is 0 Å². The number of rotatable bonds is 5. The lowest BCUT2D eigenvalue weighted by Crippen LogP contribution is -2.34. The molecule has 1 unspecified atom stereocenters. The molecule has 1 rings (SSSR count). The van der Waals surface area contributed by atoms with Gasteiger partial charge >= 0.3 is 0 Å². The normalized spacial score (nSPS) is 12.5. The third kappa shape index (κ3) is 3.25. The van der Waals surface area contributed by atoms with Gasteiger partial charge in [-0.3, -0.25) is 0 Å². The first-order chi connectivity index (χ1) is 8.01. The van der Waals surface area contributed by atoms with Crippen molar-refractivity contribution in [3.05, 3.63) is 23.8 Å². The van der Waals surface area contributed by atoms with Crippen molar-refractivity contribution in [2.45, 2.75) is 19.4 Å². The van der Waals surface area contributed by atoms with Crippen molar-refractivity contribution in [2.24, 2.45) is 0 Å². The van der Waals surface area contributed by atoms with Crippen LogP contribution < -0.4 is 10.6 Å². The lowest BCUT2D eigenvalue weighted by Gasteiger charge is -2.29. The van der Waals surface area contributed by atoms with Gasteiger partial charge in [0.15, 0.2) is 11.6 Å². The molecule has 0 aromatic heterocycles. The molecule has 0 saturated carbocycles. The van der Waals surface area contributed by atoms with Crippen molar-refractivity contribution >= 4 is 23.1 Å². The number of nitrogen functional groups attached to an aromatic ring is 1. The molecular formula is C12H18F2N2S. The fourth-order valence-electron chi connectivity index (χ4n) is 1.80. The zero-order valence-electron chi connectivity index (χ0n) is 10.3. The molecule has 1 aromatic carbocycles. The number of benzene rings is 1. The maximum Gasteiger partial charge on any atom is 0.151 e. The summed E-state index contributed by atoms with van der Waals surface area (Å²) in [6, 6.07) is 2.42. The highest BCUT2D eigenvalue weighted by atomic mass is 32.2. The van der Waals surface area contributed by atoms with Crippen molar-refractivity contribution in [2.75, 3.05) is 29.7 Å². The van der Waals surface area contributed by atoms with Gasteiger partial charge in [0, 0.05) is 24.5 Å². The molecule has 0 amide bonds. The van der Waals surface area contributed by atoms with E-state index in [2.05, 4.69) is 0 Å². The molecule has 0 radical (unpaired) electrons. The van der Waals surface area contributed by atoms with Crippen molar-refractivity contribution in [3.8, 4) is 0 Å². The Labute approximate surface area is 105 Å². The fraction of sp³-hybridized carbons (Fsp3) is 0.500. The third-order valence-electron chi connectivity index (χ3n) is 2.77. The van der Waals surface area contributed by atoms with E-state index in [9.17, 15) is 8.78 Å². The van der Waals surface area contributed by atoms with E-state index in [4.69, 9.17) is 5.73 Å². The van der Waals surface area contributed by atoms with E-state index < -0.39 is 11.6 Å². The molecule has 2 N–H and O–H groups in total. The summed E-state index contributed by atoms with van der Waals surface area (Å²) in [5.41, 5.74) is 5.50. The number of nitrogens with zero attached hydrogens (tertiary/aromatic N) is 1. The Kier molecular flexibility index (Phi) is 5.05. The Hall–Kier alpha value is -0.970. The van der Waals surface area contributed by atoms with Gasteiger partial charge in [0.05, 0.1) is 0 Å². The van der Waals surface area contributed by atoms with Crippen LogP contribution in [0.1, 0.15) is 13.3 Å². The molecule has 0 spiro atoms. The molecule has 0 heterocycles.